The summed E-state index contributed by atoms with van der Waals surface area (Å²) in [6.45, 7) is -0.276. The highest BCUT2D eigenvalue weighted by molar-refractivity contribution is 9.10. The molecule has 1 aliphatic heterocycles. The molecule has 1 heterocycles. The van der Waals surface area contributed by atoms with Crippen LogP contribution in [0.1, 0.15) is 16.8 Å². The third-order valence-electron chi connectivity index (χ3n) is 3.08. The maximum atomic E-state index is 13.3. The van der Waals surface area contributed by atoms with Crippen molar-refractivity contribution in [3.05, 3.63) is 28.0 Å². The first kappa shape index (κ1) is 15.9. The van der Waals surface area contributed by atoms with E-state index in [0.29, 0.717) is 0 Å². The van der Waals surface area contributed by atoms with Crippen LogP contribution in [0.5, 0.6) is 0 Å². The van der Waals surface area contributed by atoms with E-state index in [0.717, 1.165) is 17.0 Å². The van der Waals surface area contributed by atoms with Crippen LogP contribution >= 0.6 is 15.9 Å². The molecule has 1 atom stereocenters. The highest BCUT2D eigenvalue weighted by Crippen LogP contribution is 2.35. The van der Waals surface area contributed by atoms with Crippen molar-refractivity contribution in [3.63, 3.8) is 0 Å². The van der Waals surface area contributed by atoms with E-state index < -0.39 is 38.5 Å². The van der Waals surface area contributed by atoms with E-state index in [1.54, 1.807) is 0 Å². The van der Waals surface area contributed by atoms with Crippen molar-refractivity contribution >= 4 is 43.5 Å². The summed E-state index contributed by atoms with van der Waals surface area (Å²) in [5, 5.41) is 13.0. The lowest BCUT2D eigenvalue weighted by atomic mass is 10.1. The summed E-state index contributed by atoms with van der Waals surface area (Å²) in [6.07, 6.45) is -0.346. The number of amides is 1. The summed E-state index contributed by atoms with van der Waals surface area (Å²) in [7, 11) is -3.93. The molecule has 1 aromatic rings. The first-order valence-corrected chi connectivity index (χ1v) is 8.06. The van der Waals surface area contributed by atoms with Gasteiger partial charge < -0.3 is 10.0 Å². The number of benzene rings is 1. The minimum absolute atomic E-state index is 0.0447. The third kappa shape index (κ3) is 3.06. The van der Waals surface area contributed by atoms with Gasteiger partial charge in [0.05, 0.1) is 11.3 Å². The van der Waals surface area contributed by atoms with E-state index in [2.05, 4.69) is 15.9 Å². The Balaban J connectivity index is 2.53. The summed E-state index contributed by atoms with van der Waals surface area (Å²) in [5.74, 6) is -2.82. The van der Waals surface area contributed by atoms with Crippen LogP contribution in [0, 0.1) is 5.82 Å². The number of carbonyl (C=O) groups is 2. The third-order valence-corrected chi connectivity index (χ3v) is 4.93. The quantitative estimate of drug-likeness (QED) is 0.799. The number of carboxylic acid groups (broad SMARTS) is 1. The number of nitrogens with two attached hydrogens (primary N) is 1. The number of carbonyl (C=O) groups excluding carboxylic acids is 1. The Hall–Kier alpha value is -1.52. The fourth-order valence-corrected chi connectivity index (χ4v) is 3.49. The molecule has 21 heavy (non-hydrogen) atoms. The Bertz CT molecular complexity index is 736. The monoisotopic (exact) mass is 380 g/mol. The predicted octanol–water partition coefficient (Wildman–Crippen LogP) is 0.680. The second-order valence-electron chi connectivity index (χ2n) is 4.51. The maximum Gasteiger partial charge on any atom is 0.337 e. The molecule has 1 unspecified atom stereocenters. The highest BCUT2D eigenvalue weighted by Gasteiger charge is 2.39. The number of hydrogen-bond donors (Lipinski definition) is 2. The molecule has 0 aromatic heterocycles. The molecule has 1 saturated heterocycles. The number of anilines is 1. The van der Waals surface area contributed by atoms with Crippen molar-refractivity contribution in [2.24, 2.45) is 5.14 Å². The first-order valence-electron chi connectivity index (χ1n) is 5.65. The Labute approximate surface area is 127 Å². The molecule has 10 heteroatoms. The van der Waals surface area contributed by atoms with E-state index in [-0.39, 0.29) is 23.1 Å². The van der Waals surface area contributed by atoms with Gasteiger partial charge in [-0.3, -0.25) is 4.79 Å². The fraction of sp³-hybridized carbons (Fsp3) is 0.273. The lowest BCUT2D eigenvalue weighted by Crippen LogP contribution is -2.33. The lowest BCUT2D eigenvalue weighted by Gasteiger charge is -2.20. The van der Waals surface area contributed by atoms with Crippen LogP contribution in [0.3, 0.4) is 0 Å². The molecule has 7 nitrogen and oxygen atoms in total. The molecule has 1 amide bonds. The number of primary sulfonamides is 1. The number of nitrogens with zero attached hydrogens (tertiary/aromatic N) is 1. The van der Waals surface area contributed by atoms with Crippen LogP contribution in [0.15, 0.2) is 16.6 Å². The summed E-state index contributed by atoms with van der Waals surface area (Å²) >= 11 is 3.00. The smallest absolute Gasteiger partial charge is 0.337 e. The minimum atomic E-state index is -3.93. The Morgan fingerprint density at radius 3 is 2.57 bits per heavy atom. The molecule has 3 N–H and O–H groups in total. The van der Waals surface area contributed by atoms with Gasteiger partial charge in [-0.05, 0) is 28.1 Å². The largest absolute Gasteiger partial charge is 0.478 e. The van der Waals surface area contributed by atoms with Gasteiger partial charge in [-0.2, -0.15) is 0 Å². The van der Waals surface area contributed by atoms with E-state index in [9.17, 15) is 22.4 Å². The van der Waals surface area contributed by atoms with Crippen LogP contribution < -0.4 is 10.0 Å². The lowest BCUT2D eigenvalue weighted by molar-refractivity contribution is -0.117. The molecule has 0 radical (unpaired) electrons. The van der Waals surface area contributed by atoms with Gasteiger partial charge in [0.1, 0.15) is 11.1 Å². The summed E-state index contributed by atoms with van der Waals surface area (Å²) in [4.78, 5) is 24.1. The number of sulfonamides is 1. The zero-order valence-electron chi connectivity index (χ0n) is 10.4. The molecule has 0 saturated carbocycles. The minimum Gasteiger partial charge on any atom is -0.478 e. The van der Waals surface area contributed by atoms with E-state index in [1.807, 2.05) is 0 Å². The molecule has 0 bridgehead atoms. The molecule has 1 fully saturated rings. The Morgan fingerprint density at radius 2 is 2.10 bits per heavy atom. The van der Waals surface area contributed by atoms with Crippen LogP contribution in [-0.2, 0) is 14.8 Å². The van der Waals surface area contributed by atoms with Crippen molar-refractivity contribution in [1.82, 2.24) is 0 Å². The average molecular weight is 381 g/mol. The molecular weight excluding hydrogens is 371 g/mol. The van der Waals surface area contributed by atoms with Crippen LogP contribution in [0.2, 0.25) is 0 Å². The van der Waals surface area contributed by atoms with Crippen LogP contribution in [0.4, 0.5) is 10.1 Å². The van der Waals surface area contributed by atoms with Gasteiger partial charge in [0.25, 0.3) is 0 Å². The molecule has 114 valence electrons. The van der Waals surface area contributed by atoms with E-state index in [4.69, 9.17) is 10.2 Å². The summed E-state index contributed by atoms with van der Waals surface area (Å²) in [6, 6.07) is 1.76. The van der Waals surface area contributed by atoms with Crippen molar-refractivity contribution in [3.8, 4) is 0 Å². The van der Waals surface area contributed by atoms with Crippen LogP contribution in [-0.4, -0.2) is 37.2 Å². The van der Waals surface area contributed by atoms with Gasteiger partial charge in [-0.15, -0.1) is 0 Å². The number of carboxylic acids is 1. The molecule has 1 aromatic carbocycles. The van der Waals surface area contributed by atoms with Crippen molar-refractivity contribution in [1.29, 1.82) is 0 Å². The molecule has 0 spiro atoms. The molecule has 1 aliphatic rings. The second-order valence-corrected chi connectivity index (χ2v) is 7.21. The predicted molar refractivity (Wildman–Crippen MR) is 74.9 cm³/mol. The zero-order chi connectivity index (χ0) is 15.9. The molecule has 2 rings (SSSR count). The first-order chi connectivity index (χ1) is 9.61. The highest BCUT2D eigenvalue weighted by atomic mass is 79.9. The van der Waals surface area contributed by atoms with Gasteiger partial charge in [0, 0.05) is 17.4 Å². The Kier molecular flexibility index (Phi) is 4.04. The number of halogens is 2. The number of hydrogen-bond acceptors (Lipinski definition) is 4. The second kappa shape index (κ2) is 5.35. The Morgan fingerprint density at radius 1 is 1.48 bits per heavy atom. The zero-order valence-corrected chi connectivity index (χ0v) is 12.8. The SMILES string of the molecule is NS(=O)(=O)C1CC(=O)N(c2c(Br)cc(F)cc2C(=O)O)C1. The van der Waals surface area contributed by atoms with Gasteiger partial charge in [-0.25, -0.2) is 22.7 Å². The fourth-order valence-electron chi connectivity index (χ4n) is 2.11. The summed E-state index contributed by atoms with van der Waals surface area (Å²) in [5.41, 5.74) is -0.523. The van der Waals surface area contributed by atoms with Crippen LogP contribution in [0.25, 0.3) is 0 Å². The number of rotatable bonds is 3. The van der Waals surface area contributed by atoms with Crippen molar-refractivity contribution in [2.75, 3.05) is 11.4 Å². The van der Waals surface area contributed by atoms with Gasteiger partial charge >= 0.3 is 5.97 Å². The van der Waals surface area contributed by atoms with E-state index >= 15 is 0 Å². The normalized spacial score (nSPS) is 19.1. The number of aromatic carboxylic acids is 1. The van der Waals surface area contributed by atoms with Gasteiger partial charge in [-0.1, -0.05) is 0 Å². The topological polar surface area (TPSA) is 118 Å². The summed E-state index contributed by atoms with van der Waals surface area (Å²) < 4.78 is 36.0. The average Bonchev–Trinajstić information content (AvgIpc) is 2.70. The van der Waals surface area contributed by atoms with Crippen molar-refractivity contribution in [2.45, 2.75) is 11.7 Å². The van der Waals surface area contributed by atoms with Gasteiger partial charge in [0.15, 0.2) is 0 Å². The van der Waals surface area contributed by atoms with Crippen molar-refractivity contribution < 1.29 is 27.5 Å². The standard InChI is InChI=1S/C11H10BrFN2O5S/c12-8-2-5(13)1-7(11(17)18)10(8)15-4-6(3-9(15)16)21(14,19)20/h1-2,6H,3-4H2,(H,17,18)(H2,14,19,20). The van der Waals surface area contributed by atoms with E-state index in [1.165, 1.54) is 0 Å². The molecular formula is C11H10BrFN2O5S. The molecule has 0 aliphatic carbocycles. The maximum absolute atomic E-state index is 13.3. The van der Waals surface area contributed by atoms with Gasteiger partial charge in [0.2, 0.25) is 15.9 Å².